The third-order valence-electron chi connectivity index (χ3n) is 5.01. The molecule has 0 radical (unpaired) electrons. The molecule has 8 nitrogen and oxygen atoms in total. The second kappa shape index (κ2) is 6.54. The number of nitrogen functional groups attached to an aromatic ring is 1. The van der Waals surface area contributed by atoms with E-state index < -0.39 is 5.60 Å². The number of rotatable bonds is 1. The number of hydrogen-bond donors (Lipinski definition) is 1. The average Bonchev–Trinajstić information content (AvgIpc) is 3.00. The summed E-state index contributed by atoms with van der Waals surface area (Å²) >= 11 is 0. The molecule has 0 aliphatic carbocycles. The summed E-state index contributed by atoms with van der Waals surface area (Å²) < 4.78 is 9.00. The Morgan fingerprint density at radius 1 is 1.21 bits per heavy atom. The number of likely N-dealkylation sites (tertiary alicyclic amines) is 1. The number of hydrogen-bond acceptors (Lipinski definition) is 5. The highest BCUT2D eigenvalue weighted by atomic mass is 16.6. The van der Waals surface area contributed by atoms with Crippen molar-refractivity contribution in [2.45, 2.75) is 45.3 Å². The van der Waals surface area contributed by atoms with Gasteiger partial charge < -0.3 is 19.9 Å². The fourth-order valence-corrected chi connectivity index (χ4v) is 3.72. The van der Waals surface area contributed by atoms with E-state index in [1.807, 2.05) is 39.1 Å². The van der Waals surface area contributed by atoms with Gasteiger partial charge in [-0.3, -0.25) is 4.79 Å². The zero-order valence-electron chi connectivity index (χ0n) is 16.4. The third-order valence-corrected chi connectivity index (χ3v) is 5.01. The topological polar surface area (TPSA) is 94.9 Å². The van der Waals surface area contributed by atoms with E-state index >= 15 is 0 Å². The van der Waals surface area contributed by atoms with Gasteiger partial charge in [0.25, 0.3) is 5.56 Å². The molecule has 0 bridgehead atoms. The molecule has 4 rings (SSSR count). The fraction of sp³-hybridized carbons (Fsp3) is 0.450. The van der Waals surface area contributed by atoms with Crippen molar-refractivity contribution in [3.8, 4) is 0 Å². The Balaban J connectivity index is 1.64. The predicted molar refractivity (Wildman–Crippen MR) is 107 cm³/mol. The van der Waals surface area contributed by atoms with Gasteiger partial charge in [-0.25, -0.2) is 4.79 Å². The summed E-state index contributed by atoms with van der Waals surface area (Å²) in [6.45, 7) is 6.82. The van der Waals surface area contributed by atoms with E-state index in [4.69, 9.17) is 10.5 Å². The molecule has 1 aliphatic rings. The normalized spacial score (nSPS) is 16.0. The van der Waals surface area contributed by atoms with Crippen molar-refractivity contribution in [1.82, 2.24) is 19.1 Å². The molecule has 2 N–H and O–H groups in total. The fourth-order valence-electron chi connectivity index (χ4n) is 3.72. The number of carbonyl (C=O) groups excluding carboxylic acids is 1. The highest BCUT2D eigenvalue weighted by Crippen LogP contribution is 2.28. The first-order chi connectivity index (χ1) is 13.2. The van der Waals surface area contributed by atoms with Crippen LogP contribution in [-0.2, 0) is 4.74 Å². The van der Waals surface area contributed by atoms with E-state index in [-0.39, 0.29) is 17.7 Å². The van der Waals surface area contributed by atoms with Crippen LogP contribution in [0.1, 0.15) is 39.7 Å². The predicted octanol–water partition coefficient (Wildman–Crippen LogP) is 2.80. The lowest BCUT2D eigenvalue weighted by Crippen LogP contribution is -2.42. The number of aromatic nitrogens is 3. The smallest absolute Gasteiger partial charge is 0.410 e. The Kier molecular flexibility index (Phi) is 4.28. The minimum Gasteiger partial charge on any atom is -0.444 e. The molecule has 3 aromatic rings. The van der Waals surface area contributed by atoms with Crippen molar-refractivity contribution >= 4 is 28.3 Å². The van der Waals surface area contributed by atoms with Crippen molar-refractivity contribution < 1.29 is 9.53 Å². The van der Waals surface area contributed by atoms with Crippen molar-refractivity contribution in [2.75, 3.05) is 18.8 Å². The molecule has 0 unspecified atom stereocenters. The zero-order valence-corrected chi connectivity index (χ0v) is 16.4. The van der Waals surface area contributed by atoms with Gasteiger partial charge in [0.1, 0.15) is 11.2 Å². The zero-order chi connectivity index (χ0) is 20.1. The van der Waals surface area contributed by atoms with E-state index in [9.17, 15) is 9.59 Å². The Morgan fingerprint density at radius 3 is 2.61 bits per heavy atom. The number of nitrogens with zero attached hydrogens (tertiary/aromatic N) is 4. The van der Waals surface area contributed by atoms with Gasteiger partial charge in [0, 0.05) is 42.5 Å². The Labute approximate surface area is 162 Å². The quantitative estimate of drug-likeness (QED) is 0.652. The summed E-state index contributed by atoms with van der Waals surface area (Å²) in [5.41, 5.74) is 7.26. The maximum atomic E-state index is 12.3. The minimum atomic E-state index is -0.503. The summed E-state index contributed by atoms with van der Waals surface area (Å²) in [5.74, 6) is 0. The largest absolute Gasteiger partial charge is 0.444 e. The molecule has 1 fully saturated rings. The molecule has 1 aliphatic heterocycles. The molecular weight excluding hydrogens is 358 g/mol. The van der Waals surface area contributed by atoms with Crippen molar-refractivity contribution in [3.63, 3.8) is 0 Å². The SMILES string of the molecule is CC(C)(C)OC(=O)N1CCC(n2ccc(=O)n3nc4cc(N)ccc4c23)CC1. The van der Waals surface area contributed by atoms with Gasteiger partial charge in [-0.15, -0.1) is 0 Å². The van der Waals surface area contributed by atoms with E-state index in [2.05, 4.69) is 9.67 Å². The van der Waals surface area contributed by atoms with Gasteiger partial charge in [0.2, 0.25) is 0 Å². The molecule has 1 aromatic carbocycles. The average molecular weight is 383 g/mol. The Bertz CT molecular complexity index is 1100. The number of nitrogens with two attached hydrogens (primary N) is 1. The molecule has 1 amide bonds. The number of carbonyl (C=O) groups is 1. The van der Waals surface area contributed by atoms with Crippen LogP contribution in [0.4, 0.5) is 10.5 Å². The van der Waals surface area contributed by atoms with Gasteiger partial charge in [-0.1, -0.05) is 0 Å². The van der Waals surface area contributed by atoms with Gasteiger partial charge in [0.15, 0.2) is 0 Å². The van der Waals surface area contributed by atoms with Crippen LogP contribution >= 0.6 is 0 Å². The van der Waals surface area contributed by atoms with Crippen LogP contribution in [-0.4, -0.2) is 43.9 Å². The van der Waals surface area contributed by atoms with Crippen LogP contribution in [0.15, 0.2) is 35.3 Å². The van der Waals surface area contributed by atoms with Gasteiger partial charge in [-0.05, 0) is 51.8 Å². The lowest BCUT2D eigenvalue weighted by molar-refractivity contribution is 0.0189. The molecule has 3 heterocycles. The van der Waals surface area contributed by atoms with E-state index in [0.717, 1.165) is 23.9 Å². The lowest BCUT2D eigenvalue weighted by atomic mass is 10.0. The van der Waals surface area contributed by atoms with Gasteiger partial charge in [-0.2, -0.15) is 9.61 Å². The molecular formula is C20H25N5O3. The first-order valence-corrected chi connectivity index (χ1v) is 9.50. The van der Waals surface area contributed by atoms with E-state index in [1.165, 1.54) is 10.6 Å². The summed E-state index contributed by atoms with van der Waals surface area (Å²) in [4.78, 5) is 26.4. The molecule has 1 saturated heterocycles. The highest BCUT2D eigenvalue weighted by Gasteiger charge is 2.28. The highest BCUT2D eigenvalue weighted by molar-refractivity contribution is 5.94. The van der Waals surface area contributed by atoms with E-state index in [1.54, 1.807) is 11.0 Å². The molecule has 0 atom stereocenters. The van der Waals surface area contributed by atoms with Crippen LogP contribution in [0.3, 0.4) is 0 Å². The molecule has 0 saturated carbocycles. The van der Waals surface area contributed by atoms with Crippen LogP contribution in [0.5, 0.6) is 0 Å². The number of ether oxygens (including phenoxy) is 1. The summed E-state index contributed by atoms with van der Waals surface area (Å²) in [5, 5.41) is 5.32. The maximum Gasteiger partial charge on any atom is 0.410 e. The minimum absolute atomic E-state index is 0.166. The monoisotopic (exact) mass is 383 g/mol. The second-order valence-corrected chi connectivity index (χ2v) is 8.27. The van der Waals surface area contributed by atoms with Gasteiger partial charge in [0.05, 0.1) is 5.52 Å². The number of anilines is 1. The van der Waals surface area contributed by atoms with Crippen molar-refractivity contribution in [3.05, 3.63) is 40.8 Å². The molecule has 28 heavy (non-hydrogen) atoms. The lowest BCUT2D eigenvalue weighted by Gasteiger charge is -2.34. The first-order valence-electron chi connectivity index (χ1n) is 9.50. The maximum absolute atomic E-state index is 12.3. The number of amides is 1. The summed E-state index contributed by atoms with van der Waals surface area (Å²) in [7, 11) is 0. The number of benzene rings is 1. The van der Waals surface area contributed by atoms with Crippen LogP contribution in [0, 0.1) is 0 Å². The third kappa shape index (κ3) is 3.30. The Hall–Kier alpha value is -3.03. The number of fused-ring (bicyclic) bond motifs is 3. The summed E-state index contributed by atoms with van der Waals surface area (Å²) in [6, 6.07) is 7.19. The molecule has 2 aromatic heterocycles. The summed E-state index contributed by atoms with van der Waals surface area (Å²) in [6.07, 6.45) is 3.10. The van der Waals surface area contributed by atoms with Crippen molar-refractivity contribution in [2.24, 2.45) is 0 Å². The van der Waals surface area contributed by atoms with E-state index in [0.29, 0.717) is 24.3 Å². The molecule has 8 heteroatoms. The standard InChI is InChI=1S/C20H25N5O3/c1-20(2,3)28-19(27)23-9-6-14(7-10-23)24-11-8-17(26)25-18(24)15-5-4-13(21)12-16(15)22-25/h4-5,8,11-12,14H,6-7,9-10,21H2,1-3H3. The van der Waals surface area contributed by atoms with Crippen molar-refractivity contribution in [1.29, 1.82) is 0 Å². The molecule has 0 spiro atoms. The van der Waals surface area contributed by atoms with Crippen LogP contribution in [0.25, 0.3) is 16.6 Å². The van der Waals surface area contributed by atoms with Gasteiger partial charge >= 0.3 is 6.09 Å². The van der Waals surface area contributed by atoms with Crippen LogP contribution in [0.2, 0.25) is 0 Å². The molecule has 148 valence electrons. The van der Waals surface area contributed by atoms with Crippen LogP contribution < -0.4 is 11.3 Å². The second-order valence-electron chi connectivity index (χ2n) is 8.27. The number of piperidine rings is 1. The first kappa shape index (κ1) is 18.3. The Morgan fingerprint density at radius 2 is 1.93 bits per heavy atom.